The summed E-state index contributed by atoms with van der Waals surface area (Å²) in [5.41, 5.74) is 2.12. The van der Waals surface area contributed by atoms with Crippen molar-refractivity contribution >= 4 is 23.2 Å². The minimum absolute atomic E-state index is 0.180. The van der Waals surface area contributed by atoms with E-state index in [-0.39, 0.29) is 5.91 Å². The molecule has 1 amide bonds. The smallest absolute Gasteiger partial charge is 0.255 e. The van der Waals surface area contributed by atoms with Crippen LogP contribution in [0.2, 0.25) is 5.02 Å². The van der Waals surface area contributed by atoms with E-state index in [0.29, 0.717) is 34.5 Å². The van der Waals surface area contributed by atoms with E-state index in [1.165, 1.54) is 0 Å². The number of benzene rings is 2. The van der Waals surface area contributed by atoms with Gasteiger partial charge in [-0.15, -0.1) is 0 Å². The Morgan fingerprint density at radius 1 is 1.23 bits per heavy atom. The summed E-state index contributed by atoms with van der Waals surface area (Å²) in [6.07, 6.45) is 0. The van der Waals surface area contributed by atoms with Crippen LogP contribution in [0.1, 0.15) is 29.8 Å². The minimum atomic E-state index is -0.180. The first-order chi connectivity index (χ1) is 10.5. The first-order valence-electron chi connectivity index (χ1n) is 7.26. The molecule has 0 radical (unpaired) electrons. The van der Waals surface area contributed by atoms with Gasteiger partial charge in [-0.25, -0.2) is 0 Å². The van der Waals surface area contributed by atoms with E-state index in [1.54, 1.807) is 18.2 Å². The molecule has 1 N–H and O–H groups in total. The van der Waals surface area contributed by atoms with Gasteiger partial charge in [-0.2, -0.15) is 0 Å². The van der Waals surface area contributed by atoms with E-state index in [1.807, 2.05) is 31.2 Å². The predicted octanol–water partition coefficient (Wildman–Crippen LogP) is 4.94. The van der Waals surface area contributed by atoms with Crippen LogP contribution in [0, 0.1) is 12.8 Å². The molecule has 0 heterocycles. The van der Waals surface area contributed by atoms with Gasteiger partial charge in [0.25, 0.3) is 5.91 Å². The third kappa shape index (κ3) is 4.25. The van der Waals surface area contributed by atoms with Gasteiger partial charge in [0.2, 0.25) is 0 Å². The van der Waals surface area contributed by atoms with E-state index in [4.69, 9.17) is 16.3 Å². The molecule has 2 aromatic rings. The van der Waals surface area contributed by atoms with E-state index in [2.05, 4.69) is 19.2 Å². The molecule has 0 atom stereocenters. The summed E-state index contributed by atoms with van der Waals surface area (Å²) in [6.45, 7) is 6.66. The molecular weight excluding hydrogens is 298 g/mol. The summed E-state index contributed by atoms with van der Waals surface area (Å²) >= 11 is 6.07. The Morgan fingerprint density at radius 2 is 1.95 bits per heavy atom. The van der Waals surface area contributed by atoms with Crippen molar-refractivity contribution in [1.82, 2.24) is 0 Å². The molecular formula is C18H20ClNO2. The van der Waals surface area contributed by atoms with Gasteiger partial charge in [-0.1, -0.05) is 37.6 Å². The highest BCUT2D eigenvalue weighted by molar-refractivity contribution is 6.31. The monoisotopic (exact) mass is 317 g/mol. The first kappa shape index (κ1) is 16.4. The Balaban J connectivity index is 2.12. The first-order valence-corrected chi connectivity index (χ1v) is 7.64. The summed E-state index contributed by atoms with van der Waals surface area (Å²) in [5.74, 6) is 0.955. The van der Waals surface area contributed by atoms with Crippen molar-refractivity contribution in [3.8, 4) is 5.75 Å². The molecule has 0 bridgehead atoms. The lowest BCUT2D eigenvalue weighted by molar-refractivity contribution is 0.102. The highest BCUT2D eigenvalue weighted by atomic mass is 35.5. The molecule has 3 nitrogen and oxygen atoms in total. The average Bonchev–Trinajstić information content (AvgIpc) is 2.50. The van der Waals surface area contributed by atoms with Gasteiger partial charge < -0.3 is 10.1 Å². The van der Waals surface area contributed by atoms with E-state index in [0.717, 1.165) is 5.56 Å². The Hall–Kier alpha value is -2.00. The van der Waals surface area contributed by atoms with Crippen molar-refractivity contribution in [2.75, 3.05) is 11.9 Å². The van der Waals surface area contributed by atoms with Crippen molar-refractivity contribution in [2.45, 2.75) is 20.8 Å². The molecule has 22 heavy (non-hydrogen) atoms. The zero-order valence-corrected chi connectivity index (χ0v) is 13.8. The van der Waals surface area contributed by atoms with Gasteiger partial charge in [0.1, 0.15) is 5.75 Å². The lowest BCUT2D eigenvalue weighted by atomic mass is 10.1. The van der Waals surface area contributed by atoms with Crippen molar-refractivity contribution in [3.63, 3.8) is 0 Å². The maximum absolute atomic E-state index is 12.4. The van der Waals surface area contributed by atoms with Crippen LogP contribution in [0.25, 0.3) is 0 Å². The highest BCUT2D eigenvalue weighted by Crippen LogP contribution is 2.24. The normalized spacial score (nSPS) is 10.6. The molecule has 0 unspecified atom stereocenters. The number of anilines is 1. The molecule has 0 saturated carbocycles. The number of halogens is 1. The number of amides is 1. The third-order valence-corrected chi connectivity index (χ3v) is 3.60. The lowest BCUT2D eigenvalue weighted by Gasteiger charge is -2.11. The quantitative estimate of drug-likeness (QED) is 0.848. The SMILES string of the molecule is Cc1c(Cl)cccc1NC(=O)c1cccc(OCC(C)C)c1. The second-order valence-corrected chi connectivity index (χ2v) is 6.01. The Bertz CT molecular complexity index is 668. The second kappa shape index (κ2) is 7.32. The maximum atomic E-state index is 12.4. The number of ether oxygens (including phenoxy) is 1. The van der Waals surface area contributed by atoms with Gasteiger partial charge in [0, 0.05) is 16.3 Å². The third-order valence-electron chi connectivity index (χ3n) is 3.20. The number of nitrogens with one attached hydrogen (secondary N) is 1. The van der Waals surface area contributed by atoms with Crippen molar-refractivity contribution in [3.05, 3.63) is 58.6 Å². The highest BCUT2D eigenvalue weighted by Gasteiger charge is 2.10. The molecule has 116 valence electrons. The molecule has 4 heteroatoms. The van der Waals surface area contributed by atoms with Crippen LogP contribution in [0.15, 0.2) is 42.5 Å². The van der Waals surface area contributed by atoms with Crippen LogP contribution >= 0.6 is 11.6 Å². The molecule has 0 aliphatic rings. The van der Waals surface area contributed by atoms with Crippen LogP contribution in [0.3, 0.4) is 0 Å². The fourth-order valence-electron chi connectivity index (χ4n) is 1.93. The number of carbonyl (C=O) groups excluding carboxylic acids is 1. The molecule has 0 aromatic heterocycles. The van der Waals surface area contributed by atoms with Crippen molar-refractivity contribution in [1.29, 1.82) is 0 Å². The fraction of sp³-hybridized carbons (Fsp3) is 0.278. The largest absolute Gasteiger partial charge is 0.493 e. The van der Waals surface area contributed by atoms with Crippen LogP contribution in [0.4, 0.5) is 5.69 Å². The van der Waals surface area contributed by atoms with Gasteiger partial charge in [-0.3, -0.25) is 4.79 Å². The summed E-state index contributed by atoms with van der Waals surface area (Å²) in [4.78, 5) is 12.4. The Labute approximate surface area is 136 Å². The van der Waals surface area contributed by atoms with Crippen LogP contribution in [0.5, 0.6) is 5.75 Å². The van der Waals surface area contributed by atoms with Crippen LogP contribution < -0.4 is 10.1 Å². The Kier molecular flexibility index (Phi) is 5.45. The number of hydrogen-bond donors (Lipinski definition) is 1. The molecule has 0 aliphatic carbocycles. The molecule has 2 aromatic carbocycles. The molecule has 0 spiro atoms. The summed E-state index contributed by atoms with van der Waals surface area (Å²) < 4.78 is 5.65. The molecule has 0 saturated heterocycles. The minimum Gasteiger partial charge on any atom is -0.493 e. The summed E-state index contributed by atoms with van der Waals surface area (Å²) in [6, 6.07) is 12.6. The van der Waals surface area contributed by atoms with E-state index >= 15 is 0 Å². The maximum Gasteiger partial charge on any atom is 0.255 e. The molecule has 0 fully saturated rings. The Morgan fingerprint density at radius 3 is 2.68 bits per heavy atom. The van der Waals surface area contributed by atoms with Crippen molar-refractivity contribution < 1.29 is 9.53 Å². The second-order valence-electron chi connectivity index (χ2n) is 5.60. The zero-order chi connectivity index (χ0) is 16.1. The summed E-state index contributed by atoms with van der Waals surface area (Å²) in [5, 5.41) is 3.51. The number of carbonyl (C=O) groups is 1. The van der Waals surface area contributed by atoms with E-state index < -0.39 is 0 Å². The predicted molar refractivity (Wildman–Crippen MR) is 90.9 cm³/mol. The van der Waals surface area contributed by atoms with Crippen LogP contribution in [-0.2, 0) is 0 Å². The molecule has 0 aliphatic heterocycles. The number of hydrogen-bond acceptors (Lipinski definition) is 2. The standard InChI is InChI=1S/C18H20ClNO2/c1-12(2)11-22-15-7-4-6-14(10-15)18(21)20-17-9-5-8-16(19)13(17)3/h4-10,12H,11H2,1-3H3,(H,20,21). The van der Waals surface area contributed by atoms with Gasteiger partial charge in [0.05, 0.1) is 6.61 Å². The fourth-order valence-corrected chi connectivity index (χ4v) is 2.10. The average molecular weight is 318 g/mol. The van der Waals surface area contributed by atoms with Gasteiger partial charge in [0.15, 0.2) is 0 Å². The van der Waals surface area contributed by atoms with Crippen LogP contribution in [-0.4, -0.2) is 12.5 Å². The molecule has 2 rings (SSSR count). The number of rotatable bonds is 5. The zero-order valence-electron chi connectivity index (χ0n) is 13.0. The summed E-state index contributed by atoms with van der Waals surface area (Å²) in [7, 11) is 0. The lowest BCUT2D eigenvalue weighted by Crippen LogP contribution is -2.13. The van der Waals surface area contributed by atoms with Gasteiger partial charge in [-0.05, 0) is 48.7 Å². The van der Waals surface area contributed by atoms with Gasteiger partial charge >= 0.3 is 0 Å². The van der Waals surface area contributed by atoms with E-state index in [9.17, 15) is 4.79 Å². The van der Waals surface area contributed by atoms with Crippen molar-refractivity contribution in [2.24, 2.45) is 5.92 Å². The topological polar surface area (TPSA) is 38.3 Å².